The summed E-state index contributed by atoms with van der Waals surface area (Å²) in [7, 11) is -1.36. The van der Waals surface area contributed by atoms with Crippen molar-refractivity contribution in [3.63, 3.8) is 0 Å². The first kappa shape index (κ1) is 21.9. The Balaban J connectivity index is 1.29. The van der Waals surface area contributed by atoms with Crippen molar-refractivity contribution in [2.75, 3.05) is 51.3 Å². The molecule has 9 nitrogen and oxygen atoms in total. The first-order valence-corrected chi connectivity index (χ1v) is 12.5. The Morgan fingerprint density at radius 3 is 2.45 bits per heavy atom. The smallest absolute Gasteiger partial charge is 0.267 e. The summed E-state index contributed by atoms with van der Waals surface area (Å²) in [5.74, 6) is 1.20. The molecule has 3 aliphatic rings. The fourth-order valence-corrected chi connectivity index (χ4v) is 6.16. The van der Waals surface area contributed by atoms with Crippen LogP contribution in [0, 0.1) is 0 Å². The maximum absolute atomic E-state index is 12.9. The number of rotatable bonds is 4. The molecule has 2 fully saturated rings. The SMILES string of the molecule is C[C@H](C(=O)N(C)[C@@H]1CCS(=O)(=O)C1)N1CCN(C(=O)[C@@H]2COc3ccccc3O2)CC1. The van der Waals surface area contributed by atoms with Gasteiger partial charge < -0.3 is 19.3 Å². The van der Waals surface area contributed by atoms with Gasteiger partial charge in [-0.15, -0.1) is 0 Å². The number of hydrogen-bond donors (Lipinski definition) is 0. The number of para-hydroxylation sites is 2. The Kier molecular flexibility index (Phi) is 6.11. The fraction of sp³-hybridized carbons (Fsp3) is 0.619. The maximum Gasteiger partial charge on any atom is 0.267 e. The Bertz CT molecular complexity index is 944. The zero-order chi connectivity index (χ0) is 22.2. The van der Waals surface area contributed by atoms with Crippen LogP contribution >= 0.6 is 0 Å². The van der Waals surface area contributed by atoms with Crippen molar-refractivity contribution in [1.29, 1.82) is 0 Å². The lowest BCUT2D eigenvalue weighted by Gasteiger charge is -2.40. The van der Waals surface area contributed by atoms with Gasteiger partial charge in [0.1, 0.15) is 6.61 Å². The number of sulfone groups is 1. The van der Waals surface area contributed by atoms with E-state index in [1.807, 2.05) is 30.0 Å². The Hall–Kier alpha value is -2.33. The standard InChI is InChI=1S/C21H29N3O6S/c1-15(20(25)22(2)16-7-12-31(27,28)14-16)23-8-10-24(11-9-23)21(26)19-13-29-17-5-3-4-6-18(17)30-19/h3-6,15-16,19H,7-14H2,1-2H3/t15-,16-,19+/m1/s1. The summed E-state index contributed by atoms with van der Waals surface area (Å²) in [5, 5.41) is 0. The molecule has 3 atom stereocenters. The Morgan fingerprint density at radius 1 is 1.13 bits per heavy atom. The van der Waals surface area contributed by atoms with Crippen LogP contribution in [0.25, 0.3) is 0 Å². The summed E-state index contributed by atoms with van der Waals surface area (Å²) in [4.78, 5) is 31.2. The van der Waals surface area contributed by atoms with Crippen molar-refractivity contribution in [3.8, 4) is 11.5 Å². The van der Waals surface area contributed by atoms with E-state index in [-0.39, 0.29) is 42.0 Å². The molecule has 0 aromatic heterocycles. The molecule has 0 aliphatic carbocycles. The highest BCUT2D eigenvalue weighted by molar-refractivity contribution is 7.91. The average molecular weight is 452 g/mol. The van der Waals surface area contributed by atoms with E-state index in [1.54, 1.807) is 22.9 Å². The van der Waals surface area contributed by atoms with E-state index in [4.69, 9.17) is 9.47 Å². The predicted octanol–water partition coefficient (Wildman–Crippen LogP) is 0.00460. The van der Waals surface area contributed by atoms with Gasteiger partial charge in [0.15, 0.2) is 21.3 Å². The van der Waals surface area contributed by atoms with Gasteiger partial charge >= 0.3 is 0 Å². The number of likely N-dealkylation sites (N-methyl/N-ethyl adjacent to an activating group) is 1. The molecule has 1 aromatic carbocycles. The number of carbonyl (C=O) groups excluding carboxylic acids is 2. The number of carbonyl (C=O) groups is 2. The molecular weight excluding hydrogens is 422 g/mol. The molecule has 10 heteroatoms. The number of hydrogen-bond acceptors (Lipinski definition) is 7. The molecule has 0 radical (unpaired) electrons. The second kappa shape index (κ2) is 8.66. The zero-order valence-electron chi connectivity index (χ0n) is 17.9. The lowest BCUT2D eigenvalue weighted by atomic mass is 10.1. The van der Waals surface area contributed by atoms with Crippen LogP contribution in [-0.2, 0) is 19.4 Å². The zero-order valence-corrected chi connectivity index (χ0v) is 18.7. The molecular formula is C21H29N3O6S. The van der Waals surface area contributed by atoms with Gasteiger partial charge in [0, 0.05) is 39.3 Å². The Morgan fingerprint density at radius 2 is 1.81 bits per heavy atom. The topological polar surface area (TPSA) is 96.5 Å². The molecule has 0 N–H and O–H groups in total. The third kappa shape index (κ3) is 4.64. The van der Waals surface area contributed by atoms with Gasteiger partial charge in [0.25, 0.3) is 5.91 Å². The molecule has 2 saturated heterocycles. The quantitative estimate of drug-likeness (QED) is 0.636. The molecule has 170 valence electrons. The molecule has 0 saturated carbocycles. The maximum atomic E-state index is 12.9. The highest BCUT2D eigenvalue weighted by Crippen LogP contribution is 2.31. The summed E-state index contributed by atoms with van der Waals surface area (Å²) < 4.78 is 34.9. The molecule has 3 aliphatic heterocycles. The van der Waals surface area contributed by atoms with Crippen molar-refractivity contribution < 1.29 is 27.5 Å². The van der Waals surface area contributed by atoms with Gasteiger partial charge in [-0.1, -0.05) is 12.1 Å². The van der Waals surface area contributed by atoms with Crippen LogP contribution < -0.4 is 9.47 Å². The van der Waals surface area contributed by atoms with E-state index in [1.165, 1.54) is 0 Å². The monoisotopic (exact) mass is 451 g/mol. The minimum Gasteiger partial charge on any atom is -0.485 e. The van der Waals surface area contributed by atoms with Crippen LogP contribution in [0.2, 0.25) is 0 Å². The van der Waals surface area contributed by atoms with Gasteiger partial charge in [-0.2, -0.15) is 0 Å². The molecule has 3 heterocycles. The van der Waals surface area contributed by atoms with Crippen LogP contribution in [0.3, 0.4) is 0 Å². The third-order valence-electron chi connectivity index (χ3n) is 6.42. The van der Waals surface area contributed by atoms with Crippen LogP contribution in [0.1, 0.15) is 13.3 Å². The molecule has 4 rings (SSSR count). The fourth-order valence-electron chi connectivity index (χ4n) is 4.39. The molecule has 0 spiro atoms. The van der Waals surface area contributed by atoms with Gasteiger partial charge in [-0.25, -0.2) is 8.42 Å². The second-order valence-corrected chi connectivity index (χ2v) is 10.6. The van der Waals surface area contributed by atoms with E-state index in [9.17, 15) is 18.0 Å². The van der Waals surface area contributed by atoms with Crippen LogP contribution in [0.15, 0.2) is 24.3 Å². The summed E-state index contributed by atoms with van der Waals surface area (Å²) in [5.41, 5.74) is 0. The Labute approximate surface area is 182 Å². The molecule has 31 heavy (non-hydrogen) atoms. The van der Waals surface area contributed by atoms with Gasteiger partial charge in [-0.3, -0.25) is 14.5 Å². The molecule has 1 aromatic rings. The number of benzene rings is 1. The third-order valence-corrected chi connectivity index (χ3v) is 8.17. The largest absolute Gasteiger partial charge is 0.485 e. The lowest BCUT2D eigenvalue weighted by Crippen LogP contribution is -2.58. The summed E-state index contributed by atoms with van der Waals surface area (Å²) in [6.07, 6.45) is -0.178. The summed E-state index contributed by atoms with van der Waals surface area (Å²) >= 11 is 0. The van der Waals surface area contributed by atoms with Gasteiger partial charge in [0.05, 0.1) is 17.5 Å². The number of ether oxygens (including phenoxy) is 2. The number of piperazine rings is 1. The highest BCUT2D eigenvalue weighted by Gasteiger charge is 2.37. The van der Waals surface area contributed by atoms with Crippen molar-refractivity contribution in [2.45, 2.75) is 31.5 Å². The average Bonchev–Trinajstić information content (AvgIpc) is 3.16. The molecule has 2 amide bonds. The van der Waals surface area contributed by atoms with E-state index in [0.717, 1.165) is 0 Å². The molecule has 0 unspecified atom stereocenters. The summed E-state index contributed by atoms with van der Waals surface area (Å²) in [6, 6.07) is 6.66. The van der Waals surface area contributed by atoms with E-state index < -0.39 is 15.9 Å². The van der Waals surface area contributed by atoms with Crippen molar-refractivity contribution in [2.24, 2.45) is 0 Å². The van der Waals surface area contributed by atoms with E-state index in [0.29, 0.717) is 44.1 Å². The number of fused-ring (bicyclic) bond motifs is 1. The van der Waals surface area contributed by atoms with Crippen LogP contribution in [0.5, 0.6) is 11.5 Å². The highest BCUT2D eigenvalue weighted by atomic mass is 32.2. The van der Waals surface area contributed by atoms with Gasteiger partial charge in [-0.05, 0) is 25.5 Å². The number of amides is 2. The minimum atomic E-state index is -3.04. The first-order valence-electron chi connectivity index (χ1n) is 10.6. The van der Waals surface area contributed by atoms with Crippen molar-refractivity contribution in [3.05, 3.63) is 24.3 Å². The van der Waals surface area contributed by atoms with E-state index in [2.05, 4.69) is 0 Å². The summed E-state index contributed by atoms with van der Waals surface area (Å²) in [6.45, 7) is 4.16. The van der Waals surface area contributed by atoms with Gasteiger partial charge in [0.2, 0.25) is 12.0 Å². The predicted molar refractivity (Wildman–Crippen MR) is 114 cm³/mol. The molecule has 0 bridgehead atoms. The number of nitrogens with zero attached hydrogens (tertiary/aromatic N) is 3. The van der Waals surface area contributed by atoms with Crippen molar-refractivity contribution >= 4 is 21.7 Å². The first-order chi connectivity index (χ1) is 14.7. The van der Waals surface area contributed by atoms with E-state index >= 15 is 0 Å². The second-order valence-electron chi connectivity index (χ2n) is 8.41. The van der Waals surface area contributed by atoms with Crippen LogP contribution in [-0.4, -0.2) is 104 Å². The van der Waals surface area contributed by atoms with Crippen molar-refractivity contribution in [1.82, 2.24) is 14.7 Å². The minimum absolute atomic E-state index is 0.0385. The lowest BCUT2D eigenvalue weighted by molar-refractivity contribution is -0.144. The van der Waals surface area contributed by atoms with Crippen LogP contribution in [0.4, 0.5) is 0 Å². The normalized spacial score (nSPS) is 26.3.